The molecule has 1 aromatic carbocycles. The van der Waals surface area contributed by atoms with Crippen molar-refractivity contribution >= 4 is 40.8 Å². The Morgan fingerprint density at radius 3 is 2.71 bits per heavy atom. The zero-order chi connectivity index (χ0) is 23.8. The van der Waals surface area contributed by atoms with Gasteiger partial charge < -0.3 is 25.2 Å². The number of amides is 2. The number of aromatic amines is 1. The highest BCUT2D eigenvalue weighted by atomic mass is 35.5. The minimum absolute atomic E-state index is 0.0529. The van der Waals surface area contributed by atoms with Gasteiger partial charge in [0.15, 0.2) is 0 Å². The van der Waals surface area contributed by atoms with Crippen LogP contribution in [-0.2, 0) is 11.2 Å². The number of benzene rings is 1. The summed E-state index contributed by atoms with van der Waals surface area (Å²) >= 11 is 6.16. The van der Waals surface area contributed by atoms with E-state index in [2.05, 4.69) is 15.2 Å². The Morgan fingerprint density at radius 2 is 1.91 bits per heavy atom. The summed E-state index contributed by atoms with van der Waals surface area (Å²) in [6.45, 7) is 5.53. The fourth-order valence-corrected chi connectivity index (χ4v) is 5.55. The van der Waals surface area contributed by atoms with Crippen LogP contribution in [0, 0.1) is 6.92 Å². The van der Waals surface area contributed by atoms with E-state index < -0.39 is 6.10 Å². The third-order valence-electron chi connectivity index (χ3n) is 7.12. The molecule has 2 aromatic rings. The number of rotatable bonds is 5. The molecule has 0 spiro atoms. The minimum atomic E-state index is -0.562. The summed E-state index contributed by atoms with van der Waals surface area (Å²) in [4.78, 5) is 33.6. The van der Waals surface area contributed by atoms with Crippen LogP contribution in [0.4, 0.5) is 5.69 Å². The molecule has 1 saturated heterocycles. The van der Waals surface area contributed by atoms with Crippen molar-refractivity contribution in [3.8, 4) is 0 Å². The maximum absolute atomic E-state index is 13.5. The standard InChI is InChI=1S/C26H31ClN4O3/c1-16-23(13-20-19-12-17(27)7-8-21(19)29-25(20)33)28-22-6-5-11-31(26(34)24(16)22)15-18(32)14-30-9-3-2-4-10-30/h7-8,12-13,18,28,32H,2-6,9-11,14-15H2,1H3,(H,29,33)/b20-13-/t18-/m0/s1. The first kappa shape index (κ1) is 23.1. The van der Waals surface area contributed by atoms with Crippen molar-refractivity contribution in [3.63, 3.8) is 0 Å². The zero-order valence-electron chi connectivity index (χ0n) is 19.5. The lowest BCUT2D eigenvalue weighted by Gasteiger charge is -2.31. The second-order valence-corrected chi connectivity index (χ2v) is 10.0. The summed E-state index contributed by atoms with van der Waals surface area (Å²) in [5.74, 6) is -0.238. The molecule has 5 rings (SSSR count). The highest BCUT2D eigenvalue weighted by molar-refractivity contribution is 6.36. The van der Waals surface area contributed by atoms with Gasteiger partial charge in [0.25, 0.3) is 11.8 Å². The van der Waals surface area contributed by atoms with Crippen LogP contribution >= 0.6 is 11.6 Å². The molecule has 0 saturated carbocycles. The number of nitrogens with zero attached hydrogens (tertiary/aromatic N) is 2. The van der Waals surface area contributed by atoms with E-state index in [1.165, 1.54) is 19.3 Å². The van der Waals surface area contributed by atoms with Gasteiger partial charge in [0.1, 0.15) is 0 Å². The van der Waals surface area contributed by atoms with Gasteiger partial charge in [-0.15, -0.1) is 0 Å². The van der Waals surface area contributed by atoms with Gasteiger partial charge in [-0.25, -0.2) is 0 Å². The van der Waals surface area contributed by atoms with Crippen LogP contribution in [0.1, 0.15) is 58.6 Å². The van der Waals surface area contributed by atoms with E-state index in [-0.39, 0.29) is 11.8 Å². The number of hydrogen-bond donors (Lipinski definition) is 3. The van der Waals surface area contributed by atoms with E-state index in [0.717, 1.165) is 54.1 Å². The summed E-state index contributed by atoms with van der Waals surface area (Å²) < 4.78 is 0. The van der Waals surface area contributed by atoms with Crippen molar-refractivity contribution in [1.29, 1.82) is 0 Å². The summed E-state index contributed by atoms with van der Waals surface area (Å²) in [5.41, 5.74) is 5.16. The molecule has 3 N–H and O–H groups in total. The number of anilines is 1. The summed E-state index contributed by atoms with van der Waals surface area (Å²) in [7, 11) is 0. The van der Waals surface area contributed by atoms with Gasteiger partial charge in [-0.3, -0.25) is 9.59 Å². The third kappa shape index (κ3) is 4.52. The largest absolute Gasteiger partial charge is 0.390 e. The molecule has 34 heavy (non-hydrogen) atoms. The summed E-state index contributed by atoms with van der Waals surface area (Å²) in [6, 6.07) is 5.32. The van der Waals surface area contributed by atoms with Gasteiger partial charge in [-0.2, -0.15) is 0 Å². The molecule has 8 heteroatoms. The quantitative estimate of drug-likeness (QED) is 0.567. The second-order valence-electron chi connectivity index (χ2n) is 9.59. The highest BCUT2D eigenvalue weighted by Crippen LogP contribution is 2.36. The van der Waals surface area contributed by atoms with Gasteiger partial charge in [-0.05, 0) is 75.5 Å². The normalized spacial score (nSPS) is 20.8. The van der Waals surface area contributed by atoms with Crippen molar-refractivity contribution in [3.05, 3.63) is 51.3 Å². The number of aryl methyl sites for hydroxylation is 1. The summed E-state index contributed by atoms with van der Waals surface area (Å²) in [5, 5.41) is 14.1. The van der Waals surface area contributed by atoms with Crippen molar-refractivity contribution in [2.24, 2.45) is 0 Å². The molecule has 7 nitrogen and oxygen atoms in total. The number of likely N-dealkylation sites (tertiary alicyclic amines) is 1. The van der Waals surface area contributed by atoms with E-state index >= 15 is 0 Å². The number of aromatic nitrogens is 1. The fraction of sp³-hybridized carbons (Fsp3) is 0.462. The van der Waals surface area contributed by atoms with E-state index in [9.17, 15) is 14.7 Å². The van der Waals surface area contributed by atoms with Crippen molar-refractivity contribution in [2.45, 2.75) is 45.1 Å². The van der Waals surface area contributed by atoms with Crippen LogP contribution in [-0.4, -0.2) is 70.5 Å². The molecule has 0 radical (unpaired) electrons. The molecule has 3 aliphatic rings. The number of halogens is 1. The van der Waals surface area contributed by atoms with Gasteiger partial charge in [0, 0.05) is 47.3 Å². The average Bonchev–Trinajstić information content (AvgIpc) is 3.23. The maximum atomic E-state index is 13.5. The molecule has 0 bridgehead atoms. The molecule has 0 unspecified atom stereocenters. The molecule has 1 atom stereocenters. The van der Waals surface area contributed by atoms with E-state index in [4.69, 9.17) is 11.6 Å². The van der Waals surface area contributed by atoms with Crippen LogP contribution in [0.15, 0.2) is 18.2 Å². The van der Waals surface area contributed by atoms with Crippen molar-refractivity contribution in [1.82, 2.24) is 14.8 Å². The third-order valence-corrected chi connectivity index (χ3v) is 7.36. The lowest BCUT2D eigenvalue weighted by molar-refractivity contribution is -0.110. The number of fused-ring (bicyclic) bond motifs is 2. The molecule has 1 aromatic heterocycles. The Labute approximate surface area is 204 Å². The van der Waals surface area contributed by atoms with Crippen LogP contribution in [0.3, 0.4) is 0 Å². The molecule has 0 aliphatic carbocycles. The van der Waals surface area contributed by atoms with Gasteiger partial charge in [0.05, 0.1) is 17.2 Å². The lowest BCUT2D eigenvalue weighted by atomic mass is 10.0. The minimum Gasteiger partial charge on any atom is -0.390 e. The molecule has 2 amide bonds. The van der Waals surface area contributed by atoms with Crippen LogP contribution in [0.25, 0.3) is 11.6 Å². The van der Waals surface area contributed by atoms with Crippen LogP contribution in [0.2, 0.25) is 5.02 Å². The first-order valence-corrected chi connectivity index (χ1v) is 12.5. The van der Waals surface area contributed by atoms with Crippen molar-refractivity contribution < 1.29 is 14.7 Å². The SMILES string of the molecule is Cc1c(/C=C2\C(=O)Nc3ccc(Cl)cc32)[nH]c2c1C(=O)N(C[C@@H](O)CN1CCCCC1)CCC2. The molecular formula is C26H31ClN4O3. The fourth-order valence-electron chi connectivity index (χ4n) is 5.38. The number of H-pyrrole nitrogens is 1. The monoisotopic (exact) mass is 482 g/mol. The maximum Gasteiger partial charge on any atom is 0.256 e. The van der Waals surface area contributed by atoms with Crippen molar-refractivity contribution in [2.75, 3.05) is 38.0 Å². The zero-order valence-corrected chi connectivity index (χ0v) is 20.2. The number of aliphatic hydroxyl groups is 1. The number of piperidine rings is 1. The van der Waals surface area contributed by atoms with Gasteiger partial charge in [0.2, 0.25) is 0 Å². The smallest absolute Gasteiger partial charge is 0.256 e. The lowest BCUT2D eigenvalue weighted by Crippen LogP contribution is -2.44. The Morgan fingerprint density at radius 1 is 1.12 bits per heavy atom. The number of carbonyl (C=O) groups excluding carboxylic acids is 2. The predicted molar refractivity (Wildman–Crippen MR) is 134 cm³/mol. The first-order valence-electron chi connectivity index (χ1n) is 12.1. The first-order chi connectivity index (χ1) is 16.4. The molecular weight excluding hydrogens is 452 g/mol. The summed E-state index contributed by atoms with van der Waals surface area (Å²) in [6.07, 6.45) is 6.42. The number of nitrogens with one attached hydrogen (secondary N) is 2. The number of carbonyl (C=O) groups is 2. The molecule has 180 valence electrons. The van der Waals surface area contributed by atoms with Crippen LogP contribution < -0.4 is 5.32 Å². The Hall–Kier alpha value is -2.61. The van der Waals surface area contributed by atoms with Crippen LogP contribution in [0.5, 0.6) is 0 Å². The average molecular weight is 483 g/mol. The Bertz CT molecular complexity index is 1150. The van der Waals surface area contributed by atoms with E-state index in [1.54, 1.807) is 23.1 Å². The Kier molecular flexibility index (Phi) is 6.51. The highest BCUT2D eigenvalue weighted by Gasteiger charge is 2.30. The number of β-amino-alcohol motifs (C(OH)–C–C–N with tert-alkyl or cyclic N) is 1. The number of aliphatic hydroxyl groups excluding tert-OH is 1. The van der Waals surface area contributed by atoms with E-state index in [1.807, 2.05) is 13.0 Å². The van der Waals surface area contributed by atoms with Gasteiger partial charge in [-0.1, -0.05) is 18.0 Å². The van der Waals surface area contributed by atoms with E-state index in [0.29, 0.717) is 35.8 Å². The molecule has 4 heterocycles. The topological polar surface area (TPSA) is 88.7 Å². The molecule has 1 fully saturated rings. The predicted octanol–water partition coefficient (Wildman–Crippen LogP) is 3.70. The Balaban J connectivity index is 1.38. The molecule has 3 aliphatic heterocycles. The number of hydrogen-bond acceptors (Lipinski definition) is 4. The van der Waals surface area contributed by atoms with Gasteiger partial charge >= 0.3 is 0 Å². The second kappa shape index (κ2) is 9.56.